The van der Waals surface area contributed by atoms with Crippen LogP contribution in [0.1, 0.15) is 64.5 Å². The third kappa shape index (κ3) is 4.31. The molecule has 19 heavy (non-hydrogen) atoms. The summed E-state index contributed by atoms with van der Waals surface area (Å²) in [4.78, 5) is 0. The molecule has 0 saturated heterocycles. The van der Waals surface area contributed by atoms with Gasteiger partial charge in [-0.3, -0.25) is 0 Å². The Morgan fingerprint density at radius 1 is 1.26 bits per heavy atom. The van der Waals surface area contributed by atoms with E-state index in [1.54, 1.807) is 12.1 Å². The molecular weight excluding hydrogens is 237 g/mol. The lowest BCUT2D eigenvalue weighted by molar-refractivity contribution is 0.307. The highest BCUT2D eigenvalue weighted by atomic mass is 19.1. The van der Waals surface area contributed by atoms with Crippen LogP contribution in [0.2, 0.25) is 0 Å². The van der Waals surface area contributed by atoms with Crippen molar-refractivity contribution in [1.82, 2.24) is 5.32 Å². The first-order valence-electron chi connectivity index (χ1n) is 7.48. The molecule has 1 aromatic carbocycles. The van der Waals surface area contributed by atoms with Gasteiger partial charge in [0.15, 0.2) is 0 Å². The van der Waals surface area contributed by atoms with Crippen LogP contribution in [0.25, 0.3) is 0 Å². The first-order chi connectivity index (χ1) is 8.96. The standard InChI is InChI=1S/C17H26FN/c1-13(14-6-4-7-15(18)12-14)19-16-8-5-10-17(2,3)11-9-16/h4,6-7,12-13,16,19H,5,8-11H2,1-3H3/t13-,16?/m1/s1. The van der Waals surface area contributed by atoms with Crippen molar-refractivity contribution in [2.75, 3.05) is 0 Å². The van der Waals surface area contributed by atoms with Gasteiger partial charge in [-0.2, -0.15) is 0 Å². The van der Waals surface area contributed by atoms with Crippen LogP contribution in [0, 0.1) is 11.2 Å². The van der Waals surface area contributed by atoms with Gasteiger partial charge >= 0.3 is 0 Å². The summed E-state index contributed by atoms with van der Waals surface area (Å²) in [5.41, 5.74) is 1.53. The lowest BCUT2D eigenvalue weighted by Gasteiger charge is -2.24. The molecule has 1 aliphatic rings. The van der Waals surface area contributed by atoms with Crippen LogP contribution in [0.4, 0.5) is 4.39 Å². The molecule has 0 radical (unpaired) electrons. The third-order valence-electron chi connectivity index (χ3n) is 4.41. The van der Waals surface area contributed by atoms with Crippen molar-refractivity contribution < 1.29 is 4.39 Å². The van der Waals surface area contributed by atoms with Crippen molar-refractivity contribution in [3.63, 3.8) is 0 Å². The lowest BCUT2D eigenvalue weighted by atomic mass is 9.85. The summed E-state index contributed by atoms with van der Waals surface area (Å²) in [6, 6.07) is 7.73. The SMILES string of the molecule is C[C@@H](NC1CCCC(C)(C)CC1)c1cccc(F)c1. The van der Waals surface area contributed by atoms with Gasteiger partial charge in [-0.25, -0.2) is 4.39 Å². The van der Waals surface area contributed by atoms with Crippen molar-refractivity contribution >= 4 is 0 Å². The van der Waals surface area contributed by atoms with Crippen LogP contribution < -0.4 is 5.32 Å². The number of halogens is 1. The lowest BCUT2D eigenvalue weighted by Crippen LogP contribution is -2.31. The molecule has 2 heteroatoms. The minimum atomic E-state index is -0.145. The van der Waals surface area contributed by atoms with Crippen LogP contribution >= 0.6 is 0 Å². The molecule has 1 unspecified atom stereocenters. The van der Waals surface area contributed by atoms with Crippen molar-refractivity contribution in [2.24, 2.45) is 5.41 Å². The van der Waals surface area contributed by atoms with E-state index in [9.17, 15) is 4.39 Å². The zero-order valence-corrected chi connectivity index (χ0v) is 12.4. The molecule has 0 aromatic heterocycles. The second-order valence-corrected chi connectivity index (χ2v) is 6.74. The van der Waals surface area contributed by atoms with Crippen molar-refractivity contribution in [3.8, 4) is 0 Å². The van der Waals surface area contributed by atoms with E-state index in [1.165, 1.54) is 38.2 Å². The van der Waals surface area contributed by atoms with Crippen LogP contribution in [-0.4, -0.2) is 6.04 Å². The average Bonchev–Trinajstić information content (AvgIpc) is 2.51. The zero-order chi connectivity index (χ0) is 13.9. The molecule has 1 nitrogen and oxygen atoms in total. The van der Waals surface area contributed by atoms with Gasteiger partial charge < -0.3 is 5.32 Å². The first-order valence-corrected chi connectivity index (χ1v) is 7.48. The maximum Gasteiger partial charge on any atom is 0.123 e. The molecule has 1 aromatic rings. The van der Waals surface area contributed by atoms with Crippen molar-refractivity contribution in [2.45, 2.75) is 65.0 Å². The van der Waals surface area contributed by atoms with Gasteiger partial charge in [-0.1, -0.05) is 32.4 Å². The summed E-state index contributed by atoms with van der Waals surface area (Å²) >= 11 is 0. The van der Waals surface area contributed by atoms with Gasteiger partial charge in [0, 0.05) is 12.1 Å². The molecule has 106 valence electrons. The second kappa shape index (κ2) is 6.04. The predicted octanol–water partition coefficient (Wildman–Crippen LogP) is 4.84. The highest BCUT2D eigenvalue weighted by Gasteiger charge is 2.25. The topological polar surface area (TPSA) is 12.0 Å². The zero-order valence-electron chi connectivity index (χ0n) is 12.4. The highest BCUT2D eigenvalue weighted by molar-refractivity contribution is 5.19. The summed E-state index contributed by atoms with van der Waals surface area (Å²) in [7, 11) is 0. The largest absolute Gasteiger partial charge is 0.307 e. The Balaban J connectivity index is 1.93. The van der Waals surface area contributed by atoms with Gasteiger partial charge in [0.25, 0.3) is 0 Å². The molecule has 0 bridgehead atoms. The maximum atomic E-state index is 13.2. The Kier molecular flexibility index (Phi) is 4.62. The number of hydrogen-bond acceptors (Lipinski definition) is 1. The minimum Gasteiger partial charge on any atom is -0.307 e. The molecule has 0 aliphatic heterocycles. The number of nitrogens with one attached hydrogen (secondary N) is 1. The van der Waals surface area contributed by atoms with Crippen LogP contribution in [0.3, 0.4) is 0 Å². The third-order valence-corrected chi connectivity index (χ3v) is 4.41. The smallest absolute Gasteiger partial charge is 0.123 e. The molecule has 1 fully saturated rings. The molecule has 2 rings (SSSR count). The molecular formula is C17H26FN. The van der Waals surface area contributed by atoms with E-state index < -0.39 is 0 Å². The van der Waals surface area contributed by atoms with Gasteiger partial charge in [0.05, 0.1) is 0 Å². The average molecular weight is 263 g/mol. The Labute approximate surface area is 116 Å². The fourth-order valence-corrected chi connectivity index (χ4v) is 3.05. The number of hydrogen-bond donors (Lipinski definition) is 1. The first kappa shape index (κ1) is 14.5. The van der Waals surface area contributed by atoms with E-state index >= 15 is 0 Å². The minimum absolute atomic E-state index is 0.145. The molecule has 0 amide bonds. The van der Waals surface area contributed by atoms with Gasteiger partial charge in [-0.05, 0) is 55.7 Å². The Hall–Kier alpha value is -0.890. The molecule has 1 saturated carbocycles. The van der Waals surface area contributed by atoms with Crippen LogP contribution in [0.15, 0.2) is 24.3 Å². The monoisotopic (exact) mass is 263 g/mol. The summed E-state index contributed by atoms with van der Waals surface area (Å²) in [6.07, 6.45) is 6.36. The highest BCUT2D eigenvalue weighted by Crippen LogP contribution is 2.34. The molecule has 0 spiro atoms. The number of rotatable bonds is 3. The van der Waals surface area contributed by atoms with E-state index in [0.29, 0.717) is 11.5 Å². The quantitative estimate of drug-likeness (QED) is 0.770. The van der Waals surface area contributed by atoms with Gasteiger partial charge in [0.1, 0.15) is 5.82 Å². The van der Waals surface area contributed by atoms with Crippen molar-refractivity contribution in [1.29, 1.82) is 0 Å². The van der Waals surface area contributed by atoms with Crippen LogP contribution in [0.5, 0.6) is 0 Å². The second-order valence-electron chi connectivity index (χ2n) is 6.74. The van der Waals surface area contributed by atoms with Crippen molar-refractivity contribution in [3.05, 3.63) is 35.6 Å². The van der Waals surface area contributed by atoms with E-state index in [1.807, 2.05) is 6.07 Å². The van der Waals surface area contributed by atoms with E-state index in [-0.39, 0.29) is 11.9 Å². The molecule has 1 N–H and O–H groups in total. The Bertz CT molecular complexity index is 413. The van der Waals surface area contributed by atoms with Gasteiger partial charge in [0.2, 0.25) is 0 Å². The summed E-state index contributed by atoms with van der Waals surface area (Å²) in [5, 5.41) is 3.67. The maximum absolute atomic E-state index is 13.2. The fraction of sp³-hybridized carbons (Fsp3) is 0.647. The normalized spacial score (nSPS) is 24.7. The summed E-state index contributed by atoms with van der Waals surface area (Å²) < 4.78 is 13.2. The fourth-order valence-electron chi connectivity index (χ4n) is 3.05. The molecule has 2 atom stereocenters. The van der Waals surface area contributed by atoms with E-state index in [2.05, 4.69) is 26.1 Å². The predicted molar refractivity (Wildman–Crippen MR) is 78.6 cm³/mol. The van der Waals surface area contributed by atoms with Crippen LogP contribution in [-0.2, 0) is 0 Å². The number of benzene rings is 1. The Morgan fingerprint density at radius 2 is 2.05 bits per heavy atom. The summed E-state index contributed by atoms with van der Waals surface area (Å²) in [6.45, 7) is 6.86. The van der Waals surface area contributed by atoms with Gasteiger partial charge in [-0.15, -0.1) is 0 Å². The van der Waals surface area contributed by atoms with E-state index in [0.717, 1.165) is 5.56 Å². The van der Waals surface area contributed by atoms with E-state index in [4.69, 9.17) is 0 Å². The summed E-state index contributed by atoms with van der Waals surface area (Å²) in [5.74, 6) is -0.145. The molecule has 0 heterocycles. The Morgan fingerprint density at radius 3 is 2.79 bits per heavy atom. The molecule has 1 aliphatic carbocycles.